The Hall–Kier alpha value is -0.660. The second kappa shape index (κ2) is 6.09. The molecule has 1 aromatic carbocycles. The molecular weight excluding hydrogens is 368 g/mol. The smallest absolute Gasteiger partial charge is 0.207 e. The van der Waals surface area contributed by atoms with Crippen molar-refractivity contribution in [2.24, 2.45) is 0 Å². The third-order valence-electron chi connectivity index (χ3n) is 3.44. The molecule has 1 aliphatic rings. The summed E-state index contributed by atoms with van der Waals surface area (Å²) >= 11 is 12.8. The summed E-state index contributed by atoms with van der Waals surface area (Å²) in [5.41, 5.74) is 0.197. The van der Waals surface area contributed by atoms with Gasteiger partial charge in [-0.25, -0.2) is 12.8 Å². The van der Waals surface area contributed by atoms with Gasteiger partial charge in [0.1, 0.15) is 10.0 Å². The van der Waals surface area contributed by atoms with Gasteiger partial charge in [0.25, 0.3) is 10.0 Å². The van der Waals surface area contributed by atoms with Crippen LogP contribution in [0, 0.1) is 5.82 Å². The van der Waals surface area contributed by atoms with Crippen LogP contribution >= 0.6 is 34.5 Å². The molecule has 22 heavy (non-hydrogen) atoms. The molecule has 1 aromatic heterocycles. The maximum atomic E-state index is 14.0. The first kappa shape index (κ1) is 16.2. The molecule has 0 bridgehead atoms. The quantitative estimate of drug-likeness (QED) is 0.763. The van der Waals surface area contributed by atoms with Crippen molar-refractivity contribution in [2.75, 3.05) is 0 Å². The standard InChI is InChI=1S/C14H12Cl2FNO2S2/c15-11-2-1-3-12(17)10(11)8-18(9-4-5-9)22(19,20)14-7-6-13(16)21-14/h1-3,6-7,9H,4-5,8H2. The molecule has 118 valence electrons. The minimum Gasteiger partial charge on any atom is -0.207 e. The molecule has 1 heterocycles. The number of nitrogens with zero attached hydrogens (tertiary/aromatic N) is 1. The van der Waals surface area contributed by atoms with Crippen LogP contribution in [-0.4, -0.2) is 18.8 Å². The van der Waals surface area contributed by atoms with Crippen LogP contribution in [0.5, 0.6) is 0 Å². The lowest BCUT2D eigenvalue weighted by Crippen LogP contribution is -2.32. The number of hydrogen-bond donors (Lipinski definition) is 0. The van der Waals surface area contributed by atoms with E-state index in [9.17, 15) is 12.8 Å². The second-order valence-electron chi connectivity index (χ2n) is 5.04. The third kappa shape index (κ3) is 3.16. The van der Waals surface area contributed by atoms with E-state index in [-0.39, 0.29) is 27.4 Å². The second-order valence-corrected chi connectivity index (χ2v) is 9.28. The SMILES string of the molecule is O=S(=O)(c1ccc(Cl)s1)N(Cc1c(F)cccc1Cl)C1CC1. The maximum absolute atomic E-state index is 14.0. The molecule has 1 aliphatic carbocycles. The molecule has 0 radical (unpaired) electrons. The van der Waals surface area contributed by atoms with Gasteiger partial charge < -0.3 is 0 Å². The Morgan fingerprint density at radius 1 is 1.23 bits per heavy atom. The Bertz CT molecular complexity index is 783. The Morgan fingerprint density at radius 3 is 2.50 bits per heavy atom. The molecule has 0 atom stereocenters. The first-order valence-electron chi connectivity index (χ1n) is 6.59. The lowest BCUT2D eigenvalue weighted by atomic mass is 10.2. The fourth-order valence-corrected chi connectivity index (χ4v) is 5.65. The van der Waals surface area contributed by atoms with E-state index in [1.165, 1.54) is 22.5 Å². The summed E-state index contributed by atoms with van der Waals surface area (Å²) in [6.07, 6.45) is 1.54. The summed E-state index contributed by atoms with van der Waals surface area (Å²) in [4.78, 5) is 0. The average Bonchev–Trinajstić information content (AvgIpc) is 3.18. The van der Waals surface area contributed by atoms with Crippen molar-refractivity contribution in [3.8, 4) is 0 Å². The topological polar surface area (TPSA) is 37.4 Å². The highest BCUT2D eigenvalue weighted by Gasteiger charge is 2.39. The van der Waals surface area contributed by atoms with Gasteiger partial charge in [0.05, 0.1) is 4.34 Å². The zero-order valence-electron chi connectivity index (χ0n) is 11.3. The molecule has 0 aliphatic heterocycles. The van der Waals surface area contributed by atoms with Gasteiger partial charge in [-0.1, -0.05) is 29.3 Å². The highest BCUT2D eigenvalue weighted by Crippen LogP contribution is 2.37. The van der Waals surface area contributed by atoms with Crippen molar-refractivity contribution in [1.82, 2.24) is 4.31 Å². The number of benzene rings is 1. The van der Waals surface area contributed by atoms with Crippen molar-refractivity contribution in [1.29, 1.82) is 0 Å². The van der Waals surface area contributed by atoms with E-state index in [4.69, 9.17) is 23.2 Å². The minimum atomic E-state index is -3.71. The summed E-state index contributed by atoms with van der Waals surface area (Å²) in [5.74, 6) is -0.502. The minimum absolute atomic E-state index is 0.0754. The normalized spacial score (nSPS) is 15.5. The van der Waals surface area contributed by atoms with Crippen LogP contribution in [0.4, 0.5) is 4.39 Å². The first-order chi connectivity index (χ1) is 10.4. The summed E-state index contributed by atoms with van der Waals surface area (Å²) in [7, 11) is -3.71. The largest absolute Gasteiger partial charge is 0.253 e. The number of hydrogen-bond acceptors (Lipinski definition) is 3. The van der Waals surface area contributed by atoms with Crippen molar-refractivity contribution < 1.29 is 12.8 Å². The van der Waals surface area contributed by atoms with E-state index in [2.05, 4.69) is 0 Å². The van der Waals surface area contributed by atoms with E-state index in [0.29, 0.717) is 4.34 Å². The van der Waals surface area contributed by atoms with Crippen molar-refractivity contribution >= 4 is 44.6 Å². The molecule has 0 saturated heterocycles. The Morgan fingerprint density at radius 2 is 1.95 bits per heavy atom. The fraction of sp³-hybridized carbons (Fsp3) is 0.286. The predicted molar refractivity (Wildman–Crippen MR) is 86.5 cm³/mol. The van der Waals surface area contributed by atoms with Crippen molar-refractivity contribution in [2.45, 2.75) is 29.6 Å². The summed E-state index contributed by atoms with van der Waals surface area (Å²) in [5, 5.41) is 0.227. The third-order valence-corrected chi connectivity index (χ3v) is 7.39. The molecule has 3 nitrogen and oxygen atoms in total. The van der Waals surface area contributed by atoms with E-state index in [0.717, 1.165) is 24.2 Å². The van der Waals surface area contributed by atoms with Gasteiger partial charge in [0, 0.05) is 23.2 Å². The molecule has 0 unspecified atom stereocenters. The van der Waals surface area contributed by atoms with Crippen LogP contribution in [0.25, 0.3) is 0 Å². The Kier molecular flexibility index (Phi) is 4.49. The van der Waals surface area contributed by atoms with Crippen LogP contribution in [0.1, 0.15) is 18.4 Å². The number of thiophene rings is 1. The van der Waals surface area contributed by atoms with Gasteiger partial charge >= 0.3 is 0 Å². The number of sulfonamides is 1. The van der Waals surface area contributed by atoms with Crippen LogP contribution in [0.2, 0.25) is 9.36 Å². The Balaban J connectivity index is 1.97. The lowest BCUT2D eigenvalue weighted by Gasteiger charge is -2.22. The van der Waals surface area contributed by atoms with E-state index in [1.54, 1.807) is 12.1 Å². The van der Waals surface area contributed by atoms with Crippen LogP contribution < -0.4 is 0 Å². The summed E-state index contributed by atoms with van der Waals surface area (Å²) in [6, 6.07) is 7.24. The van der Waals surface area contributed by atoms with Gasteiger partial charge in [-0.05, 0) is 37.1 Å². The van der Waals surface area contributed by atoms with Gasteiger partial charge in [-0.3, -0.25) is 0 Å². The molecule has 0 amide bonds. The molecule has 3 rings (SSSR count). The number of halogens is 3. The van der Waals surface area contributed by atoms with Gasteiger partial charge in [-0.15, -0.1) is 11.3 Å². The predicted octanol–water partition coefficient (Wildman–Crippen LogP) is 4.55. The van der Waals surface area contributed by atoms with Crippen molar-refractivity contribution in [3.05, 3.63) is 51.1 Å². The lowest BCUT2D eigenvalue weighted by molar-refractivity contribution is 0.393. The monoisotopic (exact) mass is 379 g/mol. The molecule has 0 spiro atoms. The molecule has 1 fully saturated rings. The van der Waals surface area contributed by atoms with Gasteiger partial charge in [0.2, 0.25) is 0 Å². The highest BCUT2D eigenvalue weighted by molar-refractivity contribution is 7.91. The maximum Gasteiger partial charge on any atom is 0.253 e. The molecular formula is C14H12Cl2FNO2S2. The van der Waals surface area contributed by atoms with E-state index >= 15 is 0 Å². The molecule has 1 saturated carbocycles. The summed E-state index contributed by atoms with van der Waals surface area (Å²) in [6.45, 7) is -0.0754. The molecule has 2 aromatic rings. The zero-order valence-corrected chi connectivity index (χ0v) is 14.4. The van der Waals surface area contributed by atoms with Gasteiger partial charge in [-0.2, -0.15) is 4.31 Å². The highest BCUT2D eigenvalue weighted by atomic mass is 35.5. The molecule has 0 N–H and O–H groups in total. The summed E-state index contributed by atoms with van der Waals surface area (Å²) < 4.78 is 41.4. The fourth-order valence-electron chi connectivity index (χ4n) is 2.16. The van der Waals surface area contributed by atoms with Crippen LogP contribution in [0.15, 0.2) is 34.5 Å². The zero-order chi connectivity index (χ0) is 15.9. The average molecular weight is 380 g/mol. The van der Waals surface area contributed by atoms with Crippen LogP contribution in [-0.2, 0) is 16.6 Å². The van der Waals surface area contributed by atoms with E-state index < -0.39 is 15.8 Å². The van der Waals surface area contributed by atoms with Crippen LogP contribution in [0.3, 0.4) is 0 Å². The Labute approximate surface area is 142 Å². The molecule has 8 heteroatoms. The van der Waals surface area contributed by atoms with E-state index in [1.807, 2.05) is 0 Å². The van der Waals surface area contributed by atoms with Gasteiger partial charge in [0.15, 0.2) is 0 Å². The van der Waals surface area contributed by atoms with Crippen molar-refractivity contribution in [3.63, 3.8) is 0 Å². The number of rotatable bonds is 5. The first-order valence-corrected chi connectivity index (χ1v) is 9.61.